The van der Waals surface area contributed by atoms with E-state index in [1.165, 1.54) is 0 Å². The second-order valence-electron chi connectivity index (χ2n) is 5.08. The standard InChI is InChI=1S/C13H18BrN3O2/c1-9(2)6-12-15-13(19-16-12)8-17(3)7-10-4-5-11(14)18-10/h4-5,9H,6-8H2,1-3H3. The third kappa shape index (κ3) is 4.47. The van der Waals surface area contributed by atoms with Crippen LogP contribution in [-0.4, -0.2) is 22.1 Å². The molecule has 6 heteroatoms. The van der Waals surface area contributed by atoms with Gasteiger partial charge in [-0.3, -0.25) is 4.90 Å². The maximum atomic E-state index is 5.46. The van der Waals surface area contributed by atoms with Gasteiger partial charge in [0.05, 0.1) is 13.1 Å². The third-order valence-electron chi connectivity index (χ3n) is 2.56. The van der Waals surface area contributed by atoms with E-state index in [1.807, 2.05) is 19.2 Å². The number of nitrogens with zero attached hydrogens (tertiary/aromatic N) is 3. The Bertz CT molecular complexity index is 521. The minimum Gasteiger partial charge on any atom is -0.453 e. The van der Waals surface area contributed by atoms with Gasteiger partial charge in [-0.2, -0.15) is 4.98 Å². The number of furan rings is 1. The van der Waals surface area contributed by atoms with E-state index in [-0.39, 0.29) is 0 Å². The molecule has 5 nitrogen and oxygen atoms in total. The summed E-state index contributed by atoms with van der Waals surface area (Å²) in [4.78, 5) is 6.45. The van der Waals surface area contributed by atoms with Gasteiger partial charge < -0.3 is 8.94 Å². The molecule has 0 spiro atoms. The zero-order valence-corrected chi connectivity index (χ0v) is 13.0. The summed E-state index contributed by atoms with van der Waals surface area (Å²) in [7, 11) is 1.99. The molecule has 0 amide bonds. The SMILES string of the molecule is CC(C)Cc1noc(CN(C)Cc2ccc(Br)o2)n1. The number of aromatic nitrogens is 2. The average molecular weight is 328 g/mol. The van der Waals surface area contributed by atoms with Gasteiger partial charge in [-0.25, -0.2) is 0 Å². The number of hydrogen-bond acceptors (Lipinski definition) is 5. The second-order valence-corrected chi connectivity index (χ2v) is 5.86. The third-order valence-corrected chi connectivity index (χ3v) is 2.99. The van der Waals surface area contributed by atoms with Crippen LogP contribution < -0.4 is 0 Å². The molecule has 104 valence electrons. The first-order valence-corrected chi connectivity index (χ1v) is 7.06. The zero-order valence-electron chi connectivity index (χ0n) is 11.4. The molecule has 0 unspecified atom stereocenters. The lowest BCUT2D eigenvalue weighted by Crippen LogP contribution is -2.17. The Balaban J connectivity index is 1.88. The summed E-state index contributed by atoms with van der Waals surface area (Å²) in [6.45, 7) is 5.59. The molecule has 0 atom stereocenters. The molecule has 2 aromatic heterocycles. The van der Waals surface area contributed by atoms with E-state index >= 15 is 0 Å². The van der Waals surface area contributed by atoms with Gasteiger partial charge >= 0.3 is 0 Å². The Kier molecular flexibility index (Phi) is 4.76. The van der Waals surface area contributed by atoms with Crippen LogP contribution in [-0.2, 0) is 19.5 Å². The maximum Gasteiger partial charge on any atom is 0.240 e. The van der Waals surface area contributed by atoms with Crippen LogP contribution in [0.2, 0.25) is 0 Å². The fourth-order valence-electron chi connectivity index (χ4n) is 1.79. The lowest BCUT2D eigenvalue weighted by Gasteiger charge is -2.11. The summed E-state index contributed by atoms with van der Waals surface area (Å²) >= 11 is 3.29. The molecule has 0 saturated carbocycles. The van der Waals surface area contributed by atoms with E-state index in [4.69, 9.17) is 8.94 Å². The van der Waals surface area contributed by atoms with Crippen molar-refractivity contribution in [1.29, 1.82) is 0 Å². The predicted octanol–water partition coefficient (Wildman–Crippen LogP) is 3.26. The number of hydrogen-bond donors (Lipinski definition) is 0. The number of rotatable bonds is 6. The Hall–Kier alpha value is -1.14. The molecule has 0 aliphatic carbocycles. The van der Waals surface area contributed by atoms with Crippen molar-refractivity contribution in [3.8, 4) is 0 Å². The van der Waals surface area contributed by atoms with Crippen LogP contribution in [0.4, 0.5) is 0 Å². The van der Waals surface area contributed by atoms with Gasteiger partial charge in [-0.05, 0) is 41.0 Å². The van der Waals surface area contributed by atoms with Gasteiger partial charge in [0.25, 0.3) is 0 Å². The Morgan fingerprint density at radius 3 is 2.74 bits per heavy atom. The first-order valence-electron chi connectivity index (χ1n) is 6.27. The fraction of sp³-hybridized carbons (Fsp3) is 0.538. The highest BCUT2D eigenvalue weighted by Gasteiger charge is 2.11. The van der Waals surface area contributed by atoms with Crippen molar-refractivity contribution >= 4 is 15.9 Å². The van der Waals surface area contributed by atoms with Crippen LogP contribution in [0.1, 0.15) is 31.3 Å². The van der Waals surface area contributed by atoms with E-state index < -0.39 is 0 Å². The van der Waals surface area contributed by atoms with Gasteiger partial charge in [0, 0.05) is 6.42 Å². The minimum atomic E-state index is 0.531. The molecule has 0 saturated heterocycles. The molecule has 19 heavy (non-hydrogen) atoms. The Morgan fingerprint density at radius 1 is 1.32 bits per heavy atom. The van der Waals surface area contributed by atoms with E-state index in [0.29, 0.717) is 24.9 Å². The van der Waals surface area contributed by atoms with Crippen molar-refractivity contribution in [3.05, 3.63) is 34.3 Å². The lowest BCUT2D eigenvalue weighted by atomic mass is 10.1. The zero-order chi connectivity index (χ0) is 13.8. The van der Waals surface area contributed by atoms with Gasteiger partial charge in [0.15, 0.2) is 10.5 Å². The normalized spacial score (nSPS) is 11.7. The van der Waals surface area contributed by atoms with Crippen molar-refractivity contribution in [2.75, 3.05) is 7.05 Å². The van der Waals surface area contributed by atoms with Crippen LogP contribution in [0.25, 0.3) is 0 Å². The maximum absolute atomic E-state index is 5.46. The van der Waals surface area contributed by atoms with Crippen LogP contribution in [0.5, 0.6) is 0 Å². The molecule has 0 N–H and O–H groups in total. The Morgan fingerprint density at radius 2 is 2.11 bits per heavy atom. The molecule has 0 radical (unpaired) electrons. The van der Waals surface area contributed by atoms with Gasteiger partial charge in [0.2, 0.25) is 5.89 Å². The van der Waals surface area contributed by atoms with Gasteiger partial charge in [-0.15, -0.1) is 0 Å². The molecule has 0 aliphatic rings. The molecule has 0 bridgehead atoms. The van der Waals surface area contributed by atoms with Crippen LogP contribution in [0.15, 0.2) is 25.7 Å². The molecule has 0 fully saturated rings. The van der Waals surface area contributed by atoms with E-state index in [1.54, 1.807) is 0 Å². The first kappa shape index (κ1) is 14.3. The minimum absolute atomic E-state index is 0.531. The van der Waals surface area contributed by atoms with Crippen molar-refractivity contribution in [1.82, 2.24) is 15.0 Å². The van der Waals surface area contributed by atoms with Crippen molar-refractivity contribution < 1.29 is 8.94 Å². The highest BCUT2D eigenvalue weighted by molar-refractivity contribution is 9.10. The molecule has 2 heterocycles. The lowest BCUT2D eigenvalue weighted by molar-refractivity contribution is 0.242. The van der Waals surface area contributed by atoms with E-state index in [0.717, 1.165) is 22.7 Å². The first-order chi connectivity index (χ1) is 9.02. The summed E-state index contributed by atoms with van der Waals surface area (Å²) in [5.41, 5.74) is 0. The summed E-state index contributed by atoms with van der Waals surface area (Å²) in [6.07, 6.45) is 0.846. The molecular weight excluding hydrogens is 310 g/mol. The Labute approximate surface area is 121 Å². The van der Waals surface area contributed by atoms with Crippen molar-refractivity contribution in [2.24, 2.45) is 5.92 Å². The fourth-order valence-corrected chi connectivity index (χ4v) is 2.13. The largest absolute Gasteiger partial charge is 0.453 e. The summed E-state index contributed by atoms with van der Waals surface area (Å²) in [5.74, 6) is 2.85. The van der Waals surface area contributed by atoms with Crippen LogP contribution in [0.3, 0.4) is 0 Å². The van der Waals surface area contributed by atoms with Crippen molar-refractivity contribution in [3.63, 3.8) is 0 Å². The van der Waals surface area contributed by atoms with Crippen LogP contribution >= 0.6 is 15.9 Å². The smallest absolute Gasteiger partial charge is 0.240 e. The van der Waals surface area contributed by atoms with Crippen molar-refractivity contribution in [2.45, 2.75) is 33.4 Å². The highest BCUT2D eigenvalue weighted by Crippen LogP contribution is 2.16. The number of halogens is 1. The summed E-state index contributed by atoms with van der Waals surface area (Å²) in [6, 6.07) is 3.83. The molecule has 2 rings (SSSR count). The van der Waals surface area contributed by atoms with E-state index in [9.17, 15) is 0 Å². The van der Waals surface area contributed by atoms with Gasteiger partial charge in [-0.1, -0.05) is 19.0 Å². The molecule has 0 aromatic carbocycles. The quantitative estimate of drug-likeness (QED) is 0.815. The summed E-state index contributed by atoms with van der Waals surface area (Å²) in [5, 5.41) is 3.98. The highest BCUT2D eigenvalue weighted by atomic mass is 79.9. The van der Waals surface area contributed by atoms with Gasteiger partial charge in [0.1, 0.15) is 5.76 Å². The predicted molar refractivity (Wildman–Crippen MR) is 74.4 cm³/mol. The average Bonchev–Trinajstić information content (AvgIpc) is 2.88. The topological polar surface area (TPSA) is 55.3 Å². The molecule has 0 aliphatic heterocycles. The second kappa shape index (κ2) is 6.34. The van der Waals surface area contributed by atoms with E-state index in [2.05, 4.69) is 44.8 Å². The summed E-state index contributed by atoms with van der Waals surface area (Å²) < 4.78 is 11.4. The monoisotopic (exact) mass is 327 g/mol. The molecular formula is C13H18BrN3O2. The van der Waals surface area contributed by atoms with Crippen LogP contribution in [0, 0.1) is 5.92 Å². The molecule has 2 aromatic rings.